The maximum absolute atomic E-state index is 10.4. The zero-order valence-electron chi connectivity index (χ0n) is 10.2. The number of aliphatic hydroxyl groups excluding tert-OH is 1. The maximum atomic E-state index is 10.4. The van der Waals surface area contributed by atoms with Crippen molar-refractivity contribution in [1.82, 2.24) is 0 Å². The zero-order chi connectivity index (χ0) is 12.4. The molecule has 0 amide bonds. The fraction of sp³-hybridized carbons (Fsp3) is 0.917. The number of aldehydes is 1. The molecule has 5 heteroatoms. The van der Waals surface area contributed by atoms with Gasteiger partial charge in [0.1, 0.15) is 12.4 Å². The van der Waals surface area contributed by atoms with Crippen LogP contribution in [0.15, 0.2) is 0 Å². The Bertz CT molecular complexity index is 270. The molecular formula is C12H20O5. The third kappa shape index (κ3) is 2.52. The van der Waals surface area contributed by atoms with E-state index in [1.54, 1.807) is 0 Å². The Balaban J connectivity index is 1.93. The van der Waals surface area contributed by atoms with Crippen molar-refractivity contribution in [1.29, 1.82) is 0 Å². The number of carbonyl (C=O) groups is 1. The third-order valence-corrected chi connectivity index (χ3v) is 3.73. The Labute approximate surface area is 101 Å². The summed E-state index contributed by atoms with van der Waals surface area (Å²) in [6.07, 6.45) is 1.72. The van der Waals surface area contributed by atoms with Crippen LogP contribution in [0.2, 0.25) is 0 Å². The first-order valence-corrected chi connectivity index (χ1v) is 6.12. The minimum absolute atomic E-state index is 0.00652. The molecule has 0 spiro atoms. The lowest BCUT2D eigenvalue weighted by atomic mass is 9.95. The molecule has 1 N–H and O–H groups in total. The maximum Gasteiger partial charge on any atom is 0.183 e. The van der Waals surface area contributed by atoms with Gasteiger partial charge in [-0.25, -0.2) is 0 Å². The quantitative estimate of drug-likeness (QED) is 0.729. The molecule has 17 heavy (non-hydrogen) atoms. The van der Waals surface area contributed by atoms with Gasteiger partial charge in [0.15, 0.2) is 6.29 Å². The molecule has 2 saturated heterocycles. The van der Waals surface area contributed by atoms with Crippen LogP contribution >= 0.6 is 0 Å². The highest BCUT2D eigenvalue weighted by Crippen LogP contribution is 2.35. The zero-order valence-corrected chi connectivity index (χ0v) is 10.2. The molecule has 6 atom stereocenters. The average Bonchev–Trinajstić information content (AvgIpc) is 2.87. The van der Waals surface area contributed by atoms with E-state index in [0.717, 1.165) is 19.1 Å². The second-order valence-electron chi connectivity index (χ2n) is 4.83. The van der Waals surface area contributed by atoms with E-state index >= 15 is 0 Å². The van der Waals surface area contributed by atoms with Gasteiger partial charge in [-0.2, -0.15) is 0 Å². The van der Waals surface area contributed by atoms with Crippen molar-refractivity contribution in [3.05, 3.63) is 0 Å². The molecule has 2 rings (SSSR count). The molecule has 2 fully saturated rings. The fourth-order valence-corrected chi connectivity index (χ4v) is 2.68. The van der Waals surface area contributed by atoms with E-state index in [1.165, 1.54) is 7.11 Å². The van der Waals surface area contributed by atoms with E-state index in [9.17, 15) is 9.90 Å². The van der Waals surface area contributed by atoms with Gasteiger partial charge in [-0.05, 0) is 12.8 Å². The Hall–Kier alpha value is -0.490. The summed E-state index contributed by atoms with van der Waals surface area (Å²) >= 11 is 0. The molecule has 0 saturated carbocycles. The fourth-order valence-electron chi connectivity index (χ4n) is 2.68. The highest BCUT2D eigenvalue weighted by Gasteiger charge is 2.47. The van der Waals surface area contributed by atoms with Crippen LogP contribution in [-0.4, -0.2) is 49.2 Å². The van der Waals surface area contributed by atoms with E-state index in [4.69, 9.17) is 14.2 Å². The summed E-state index contributed by atoms with van der Waals surface area (Å²) in [5.74, 6) is -0.0140. The van der Waals surface area contributed by atoms with Crippen molar-refractivity contribution in [3.63, 3.8) is 0 Å². The minimum Gasteiger partial charge on any atom is -0.387 e. The molecule has 5 nitrogen and oxygen atoms in total. The van der Waals surface area contributed by atoms with Gasteiger partial charge in [-0.15, -0.1) is 0 Å². The molecule has 0 bridgehead atoms. The first-order chi connectivity index (χ1) is 8.17. The molecule has 0 aromatic rings. The van der Waals surface area contributed by atoms with E-state index in [0.29, 0.717) is 6.42 Å². The predicted octanol–water partition coefficient (Wildman–Crippen LogP) is 0.491. The lowest BCUT2D eigenvalue weighted by molar-refractivity contribution is -0.167. The van der Waals surface area contributed by atoms with Crippen molar-refractivity contribution in [3.8, 4) is 0 Å². The average molecular weight is 244 g/mol. The van der Waals surface area contributed by atoms with Gasteiger partial charge in [0, 0.05) is 19.4 Å². The summed E-state index contributed by atoms with van der Waals surface area (Å²) < 4.78 is 16.5. The predicted molar refractivity (Wildman–Crippen MR) is 59.4 cm³/mol. The Morgan fingerprint density at radius 2 is 2.18 bits per heavy atom. The van der Waals surface area contributed by atoms with Crippen LogP contribution in [-0.2, 0) is 19.0 Å². The summed E-state index contributed by atoms with van der Waals surface area (Å²) in [6, 6.07) is 0. The first kappa shape index (κ1) is 13.0. The van der Waals surface area contributed by atoms with Crippen LogP contribution in [0.4, 0.5) is 0 Å². The van der Waals surface area contributed by atoms with Crippen LogP contribution < -0.4 is 0 Å². The lowest BCUT2D eigenvalue weighted by Crippen LogP contribution is -2.32. The van der Waals surface area contributed by atoms with Gasteiger partial charge in [-0.1, -0.05) is 6.92 Å². The van der Waals surface area contributed by atoms with Crippen molar-refractivity contribution < 1.29 is 24.1 Å². The Kier molecular flexibility index (Phi) is 4.14. The number of hydrogen-bond donors (Lipinski definition) is 1. The topological polar surface area (TPSA) is 65.0 Å². The normalized spacial score (nSPS) is 46.3. The van der Waals surface area contributed by atoms with Crippen LogP contribution in [0.3, 0.4) is 0 Å². The second-order valence-corrected chi connectivity index (χ2v) is 4.83. The van der Waals surface area contributed by atoms with Crippen molar-refractivity contribution in [2.24, 2.45) is 5.92 Å². The SMILES string of the molecule is COC1OC(C2CCC(CC=O)O2)C(C)C1O. The molecule has 0 aliphatic carbocycles. The highest BCUT2D eigenvalue weighted by atomic mass is 16.7. The Morgan fingerprint density at radius 3 is 2.76 bits per heavy atom. The lowest BCUT2D eigenvalue weighted by Gasteiger charge is -2.22. The van der Waals surface area contributed by atoms with E-state index in [1.807, 2.05) is 6.92 Å². The van der Waals surface area contributed by atoms with Crippen molar-refractivity contribution in [2.75, 3.05) is 7.11 Å². The molecule has 2 aliphatic heterocycles. The van der Waals surface area contributed by atoms with Gasteiger partial charge < -0.3 is 24.1 Å². The summed E-state index contributed by atoms with van der Waals surface area (Å²) in [7, 11) is 1.52. The van der Waals surface area contributed by atoms with Gasteiger partial charge in [0.05, 0.1) is 18.3 Å². The number of carbonyl (C=O) groups excluding carboxylic acids is 1. The molecule has 98 valence electrons. The minimum atomic E-state index is -0.612. The smallest absolute Gasteiger partial charge is 0.183 e. The molecule has 2 heterocycles. The standard InChI is InChI=1S/C12H20O5/c1-7-10(14)12(15-2)17-11(7)9-4-3-8(16-9)5-6-13/h6-12,14H,3-5H2,1-2H3. The van der Waals surface area contributed by atoms with Crippen LogP contribution in [0.1, 0.15) is 26.2 Å². The monoisotopic (exact) mass is 244 g/mol. The van der Waals surface area contributed by atoms with Crippen LogP contribution in [0.5, 0.6) is 0 Å². The highest BCUT2D eigenvalue weighted by molar-refractivity contribution is 5.50. The molecule has 0 radical (unpaired) electrons. The molecule has 0 aromatic carbocycles. The molecule has 0 aromatic heterocycles. The molecule has 6 unspecified atom stereocenters. The van der Waals surface area contributed by atoms with Gasteiger partial charge in [-0.3, -0.25) is 0 Å². The molecule has 2 aliphatic rings. The third-order valence-electron chi connectivity index (χ3n) is 3.73. The summed E-state index contributed by atoms with van der Waals surface area (Å²) in [5.41, 5.74) is 0. The summed E-state index contributed by atoms with van der Waals surface area (Å²) in [6.45, 7) is 1.94. The van der Waals surface area contributed by atoms with E-state index < -0.39 is 12.4 Å². The number of methoxy groups -OCH3 is 1. The summed E-state index contributed by atoms with van der Waals surface area (Å²) in [5, 5.41) is 9.90. The van der Waals surface area contributed by atoms with Gasteiger partial charge in [0.25, 0.3) is 0 Å². The first-order valence-electron chi connectivity index (χ1n) is 6.12. The van der Waals surface area contributed by atoms with Gasteiger partial charge >= 0.3 is 0 Å². The van der Waals surface area contributed by atoms with Crippen molar-refractivity contribution in [2.45, 2.75) is 56.9 Å². The summed E-state index contributed by atoms with van der Waals surface area (Å²) in [4.78, 5) is 10.4. The largest absolute Gasteiger partial charge is 0.387 e. The molecular weight excluding hydrogens is 224 g/mol. The van der Waals surface area contributed by atoms with Crippen molar-refractivity contribution >= 4 is 6.29 Å². The second kappa shape index (κ2) is 5.44. The van der Waals surface area contributed by atoms with Crippen LogP contribution in [0, 0.1) is 5.92 Å². The van der Waals surface area contributed by atoms with E-state index in [-0.39, 0.29) is 24.2 Å². The van der Waals surface area contributed by atoms with E-state index in [2.05, 4.69) is 0 Å². The Morgan fingerprint density at radius 1 is 1.41 bits per heavy atom. The van der Waals surface area contributed by atoms with Crippen LogP contribution in [0.25, 0.3) is 0 Å². The van der Waals surface area contributed by atoms with Gasteiger partial charge in [0.2, 0.25) is 0 Å². The number of aliphatic hydroxyl groups is 1. The number of ether oxygens (including phenoxy) is 3. The number of hydrogen-bond acceptors (Lipinski definition) is 5. The number of rotatable bonds is 4.